The number of rotatable bonds is 5. The summed E-state index contributed by atoms with van der Waals surface area (Å²) in [6, 6.07) is 9.31. The molecule has 0 radical (unpaired) electrons. The lowest BCUT2D eigenvalue weighted by atomic mass is 10.2. The first-order chi connectivity index (χ1) is 12.6. The number of imidazole rings is 1. The van der Waals surface area contributed by atoms with Crippen molar-refractivity contribution in [1.82, 2.24) is 19.7 Å². The van der Waals surface area contributed by atoms with Crippen LogP contribution in [0.15, 0.2) is 36.7 Å². The summed E-state index contributed by atoms with van der Waals surface area (Å²) in [5.74, 6) is 0.137. The molecule has 0 unspecified atom stereocenters. The van der Waals surface area contributed by atoms with Gasteiger partial charge in [-0.1, -0.05) is 37.3 Å². The third-order valence-electron chi connectivity index (χ3n) is 3.39. The van der Waals surface area contributed by atoms with Gasteiger partial charge in [0, 0.05) is 13.3 Å². The first-order valence-electron chi connectivity index (χ1n) is 7.97. The Balaban J connectivity index is 1.81. The van der Waals surface area contributed by atoms with Crippen molar-refractivity contribution in [2.75, 3.05) is 5.32 Å². The van der Waals surface area contributed by atoms with Crippen LogP contribution in [0.2, 0.25) is 0 Å². The first kappa shape index (κ1) is 17.3. The van der Waals surface area contributed by atoms with E-state index >= 15 is 0 Å². The van der Waals surface area contributed by atoms with Crippen molar-refractivity contribution < 1.29 is 19.2 Å². The van der Waals surface area contributed by atoms with Crippen molar-refractivity contribution in [2.24, 2.45) is 0 Å². The van der Waals surface area contributed by atoms with Gasteiger partial charge in [0.2, 0.25) is 5.65 Å². The number of anilines is 1. The first-order valence-corrected chi connectivity index (χ1v) is 7.97. The fourth-order valence-electron chi connectivity index (χ4n) is 2.23. The van der Waals surface area contributed by atoms with Crippen LogP contribution >= 0.6 is 0 Å². The van der Waals surface area contributed by atoms with Crippen molar-refractivity contribution in [3.63, 3.8) is 0 Å². The molecular formula is C17H17N5O4. The van der Waals surface area contributed by atoms with Crippen LogP contribution in [0.4, 0.5) is 10.6 Å². The summed E-state index contributed by atoms with van der Waals surface area (Å²) in [5, 5.41) is 2.57. The number of hydrogen-bond acceptors (Lipinski definition) is 7. The zero-order valence-corrected chi connectivity index (χ0v) is 14.3. The van der Waals surface area contributed by atoms with Crippen LogP contribution in [-0.4, -0.2) is 31.7 Å². The fraction of sp³-hybridized carbons (Fsp3) is 0.235. The summed E-state index contributed by atoms with van der Waals surface area (Å²) >= 11 is 0. The van der Waals surface area contributed by atoms with Crippen molar-refractivity contribution in [2.45, 2.75) is 26.9 Å². The largest absolute Gasteiger partial charge is 0.444 e. The highest BCUT2D eigenvalue weighted by Gasteiger charge is 2.17. The number of carbonyl (C=O) groups excluding carboxylic acids is 2. The molecule has 3 rings (SSSR count). The Labute approximate surface area is 148 Å². The van der Waals surface area contributed by atoms with E-state index < -0.39 is 12.1 Å². The molecule has 0 saturated heterocycles. The van der Waals surface area contributed by atoms with Gasteiger partial charge in [0.1, 0.15) is 18.8 Å². The van der Waals surface area contributed by atoms with Crippen molar-refractivity contribution in [1.29, 1.82) is 0 Å². The van der Waals surface area contributed by atoms with Crippen LogP contribution in [0.25, 0.3) is 11.2 Å². The fourth-order valence-corrected chi connectivity index (χ4v) is 2.23. The van der Waals surface area contributed by atoms with Gasteiger partial charge >= 0.3 is 12.1 Å². The molecular weight excluding hydrogens is 338 g/mol. The molecule has 134 valence electrons. The smallest absolute Gasteiger partial charge is 0.413 e. The Morgan fingerprint density at radius 3 is 2.65 bits per heavy atom. The van der Waals surface area contributed by atoms with Crippen molar-refractivity contribution in [3.05, 3.63) is 48.0 Å². The number of fused-ring (bicyclic) bond motifs is 1. The Morgan fingerprint density at radius 2 is 1.96 bits per heavy atom. The van der Waals surface area contributed by atoms with Gasteiger partial charge in [-0.2, -0.15) is 0 Å². The maximum Gasteiger partial charge on any atom is 0.413 e. The monoisotopic (exact) mass is 355 g/mol. The molecule has 0 aliphatic carbocycles. The number of hydrogen-bond donors (Lipinski definition) is 1. The topological polar surface area (TPSA) is 108 Å². The number of nitrogens with zero attached hydrogens (tertiary/aromatic N) is 4. The molecule has 3 aromatic rings. The highest BCUT2D eigenvalue weighted by molar-refractivity contribution is 5.93. The lowest BCUT2D eigenvalue weighted by molar-refractivity contribution is -0.141. The zero-order chi connectivity index (χ0) is 18.5. The summed E-state index contributed by atoms with van der Waals surface area (Å²) in [4.78, 5) is 41.0. The normalized spacial score (nSPS) is 10.5. The van der Waals surface area contributed by atoms with E-state index in [2.05, 4.69) is 20.3 Å². The molecule has 0 bridgehead atoms. The average Bonchev–Trinajstić information content (AvgIpc) is 3.03. The molecule has 0 fully saturated rings. The van der Waals surface area contributed by atoms with Crippen LogP contribution in [0.3, 0.4) is 0 Å². The van der Waals surface area contributed by atoms with Crippen LogP contribution in [0.1, 0.15) is 25.2 Å². The van der Waals surface area contributed by atoms with E-state index in [1.165, 1.54) is 13.3 Å². The Morgan fingerprint density at radius 1 is 1.19 bits per heavy atom. The number of aryl methyl sites for hydroxylation is 1. The van der Waals surface area contributed by atoms with Gasteiger partial charge in [0.25, 0.3) is 0 Å². The highest BCUT2D eigenvalue weighted by Crippen LogP contribution is 2.19. The maximum absolute atomic E-state index is 12.1. The predicted octanol–water partition coefficient (Wildman–Crippen LogP) is 2.11. The lowest BCUT2D eigenvalue weighted by Gasteiger charge is -2.08. The zero-order valence-electron chi connectivity index (χ0n) is 14.3. The standard InChI is InChI=1S/C17H17N5O4/c1-3-13-19-15(14-16(20-13)22(10-18-14)26-11(2)23)21-17(24)25-9-12-7-5-4-6-8-12/h4-8,10H,3,9H2,1-2H3,(H,19,20,21,24). The molecule has 26 heavy (non-hydrogen) atoms. The van der Waals surface area contributed by atoms with Crippen LogP contribution < -0.4 is 10.2 Å². The van der Waals surface area contributed by atoms with E-state index in [-0.39, 0.29) is 18.1 Å². The minimum absolute atomic E-state index is 0.128. The minimum atomic E-state index is -0.669. The molecule has 2 aromatic heterocycles. The SMILES string of the molecule is CCc1nc(NC(=O)OCc2ccccc2)c2ncn(OC(C)=O)c2n1. The molecule has 0 aliphatic heterocycles. The summed E-state index contributed by atoms with van der Waals surface area (Å²) in [6.07, 6.45) is 1.15. The van der Waals surface area contributed by atoms with Gasteiger partial charge in [-0.05, 0) is 5.56 Å². The molecule has 1 N–H and O–H groups in total. The summed E-state index contributed by atoms with van der Waals surface area (Å²) in [5.41, 5.74) is 1.44. The van der Waals surface area contributed by atoms with Gasteiger partial charge in [0.05, 0.1) is 0 Å². The van der Waals surface area contributed by atoms with Crippen LogP contribution in [0.5, 0.6) is 0 Å². The maximum atomic E-state index is 12.1. The molecule has 1 amide bonds. The molecule has 0 aliphatic rings. The van der Waals surface area contributed by atoms with Gasteiger partial charge in [-0.3, -0.25) is 5.32 Å². The predicted molar refractivity (Wildman–Crippen MR) is 92.2 cm³/mol. The van der Waals surface area contributed by atoms with E-state index in [1.807, 2.05) is 37.3 Å². The van der Waals surface area contributed by atoms with Crippen molar-refractivity contribution >= 4 is 29.0 Å². The second-order valence-electron chi connectivity index (χ2n) is 5.35. The second-order valence-corrected chi connectivity index (χ2v) is 5.35. The molecule has 9 heteroatoms. The van der Waals surface area contributed by atoms with E-state index in [9.17, 15) is 9.59 Å². The molecule has 0 spiro atoms. The second kappa shape index (κ2) is 7.60. The number of benzene rings is 1. The van der Waals surface area contributed by atoms with E-state index in [0.29, 0.717) is 17.8 Å². The van der Waals surface area contributed by atoms with Crippen LogP contribution in [-0.2, 0) is 22.6 Å². The minimum Gasteiger partial charge on any atom is -0.444 e. The van der Waals surface area contributed by atoms with E-state index in [1.54, 1.807) is 0 Å². The number of nitrogens with one attached hydrogen (secondary N) is 1. The third kappa shape index (κ3) is 3.94. The van der Waals surface area contributed by atoms with E-state index in [0.717, 1.165) is 10.3 Å². The van der Waals surface area contributed by atoms with Gasteiger partial charge in [-0.25, -0.2) is 24.5 Å². The third-order valence-corrected chi connectivity index (χ3v) is 3.39. The number of carbonyl (C=O) groups is 2. The molecule has 9 nitrogen and oxygen atoms in total. The molecule has 1 aromatic carbocycles. The van der Waals surface area contributed by atoms with Gasteiger partial charge < -0.3 is 9.57 Å². The Bertz CT molecular complexity index is 939. The number of aromatic nitrogens is 4. The summed E-state index contributed by atoms with van der Waals surface area (Å²) in [6.45, 7) is 3.27. The molecule has 2 heterocycles. The Kier molecular flexibility index (Phi) is 5.07. The summed E-state index contributed by atoms with van der Waals surface area (Å²) in [7, 11) is 0. The number of ether oxygens (including phenoxy) is 1. The highest BCUT2D eigenvalue weighted by atomic mass is 16.7. The Hall–Kier alpha value is -3.49. The quantitative estimate of drug-likeness (QED) is 0.746. The lowest BCUT2D eigenvalue weighted by Crippen LogP contribution is -2.18. The molecule has 0 saturated carbocycles. The van der Waals surface area contributed by atoms with Gasteiger partial charge in [-0.15, -0.1) is 4.73 Å². The summed E-state index contributed by atoms with van der Waals surface area (Å²) < 4.78 is 6.33. The van der Waals surface area contributed by atoms with Gasteiger partial charge in [0.15, 0.2) is 11.3 Å². The van der Waals surface area contributed by atoms with Crippen LogP contribution in [0, 0.1) is 0 Å². The number of amides is 1. The van der Waals surface area contributed by atoms with E-state index in [4.69, 9.17) is 9.57 Å². The average molecular weight is 355 g/mol. The van der Waals surface area contributed by atoms with Crippen molar-refractivity contribution in [3.8, 4) is 0 Å². The molecule has 0 atom stereocenters.